The van der Waals surface area contributed by atoms with Gasteiger partial charge in [-0.25, -0.2) is 0 Å². The number of rotatable bonds is 12. The number of aliphatic hydroxyl groups excluding tert-OH is 1. The fourth-order valence-electron chi connectivity index (χ4n) is 6.67. The van der Waals surface area contributed by atoms with Crippen molar-refractivity contribution in [2.24, 2.45) is 17.8 Å². The number of aliphatic hydroxyl groups is 1. The second-order valence-electron chi connectivity index (χ2n) is 11.1. The van der Waals surface area contributed by atoms with Crippen LogP contribution >= 0.6 is 0 Å². The molecule has 3 fully saturated rings. The van der Waals surface area contributed by atoms with Crippen LogP contribution in [0.1, 0.15) is 40.0 Å². The van der Waals surface area contributed by atoms with Gasteiger partial charge in [-0.1, -0.05) is 26.0 Å². The number of carbonyl (C=O) groups is 3. The van der Waals surface area contributed by atoms with E-state index >= 15 is 0 Å². The number of esters is 1. The molecule has 3 aliphatic rings. The summed E-state index contributed by atoms with van der Waals surface area (Å²) < 4.78 is 17.5. The van der Waals surface area contributed by atoms with E-state index in [-0.39, 0.29) is 37.5 Å². The molecule has 0 saturated carbocycles. The van der Waals surface area contributed by atoms with Crippen molar-refractivity contribution in [1.29, 1.82) is 0 Å². The number of hydrogen-bond donors (Lipinski definition) is 1. The van der Waals surface area contributed by atoms with Crippen molar-refractivity contribution in [3.8, 4) is 5.75 Å². The van der Waals surface area contributed by atoms with Gasteiger partial charge in [0.15, 0.2) is 0 Å². The molecular weight excluding hydrogens is 500 g/mol. The number of benzene rings is 1. The first-order chi connectivity index (χ1) is 18.6. The molecule has 9 heteroatoms. The molecule has 3 aliphatic heterocycles. The molecule has 9 nitrogen and oxygen atoms in total. The van der Waals surface area contributed by atoms with Crippen LogP contribution in [0.2, 0.25) is 0 Å². The number of anilines is 1. The monoisotopic (exact) mass is 540 g/mol. The number of amides is 2. The minimum atomic E-state index is -1.22. The van der Waals surface area contributed by atoms with E-state index in [0.29, 0.717) is 30.7 Å². The summed E-state index contributed by atoms with van der Waals surface area (Å²) >= 11 is 0. The highest BCUT2D eigenvalue weighted by Crippen LogP contribution is 2.64. The smallest absolute Gasteiger partial charge is 0.312 e. The van der Waals surface area contributed by atoms with E-state index in [0.717, 1.165) is 0 Å². The first-order valence-electron chi connectivity index (χ1n) is 13.6. The quantitative estimate of drug-likeness (QED) is 0.247. The van der Waals surface area contributed by atoms with Crippen LogP contribution in [0.5, 0.6) is 5.75 Å². The second kappa shape index (κ2) is 11.1. The summed E-state index contributed by atoms with van der Waals surface area (Å²) in [5.41, 5.74) is -1.55. The molecule has 1 aromatic carbocycles. The van der Waals surface area contributed by atoms with Gasteiger partial charge in [-0.05, 0) is 56.4 Å². The molecule has 0 aromatic heterocycles. The summed E-state index contributed by atoms with van der Waals surface area (Å²) in [5.74, 6) is -2.47. The number of nitrogens with zero attached hydrogens (tertiary/aromatic N) is 2. The van der Waals surface area contributed by atoms with Crippen molar-refractivity contribution in [2.45, 2.75) is 63.3 Å². The van der Waals surface area contributed by atoms with Crippen LogP contribution in [0.25, 0.3) is 0 Å². The van der Waals surface area contributed by atoms with E-state index in [1.165, 1.54) is 4.90 Å². The fraction of sp³-hybridized carbons (Fsp3) is 0.567. The molecule has 212 valence electrons. The Kier molecular flexibility index (Phi) is 8.23. The largest absolute Gasteiger partial charge is 0.497 e. The molecule has 3 heterocycles. The van der Waals surface area contributed by atoms with Crippen LogP contribution in [-0.4, -0.2) is 77.9 Å². The molecule has 6 atom stereocenters. The third-order valence-electron chi connectivity index (χ3n) is 8.54. The second-order valence-corrected chi connectivity index (χ2v) is 11.1. The topological polar surface area (TPSA) is 106 Å². The standard InChI is InChI=1S/C30H40N2O7/c1-7-9-17-38-28(36)24-23-26(34)32(22(18-33)19(3)4)25(30(23)15-14-29(24,5)39-30)27(35)31(16-8-2)20-10-12-21(37-6)13-11-20/h7-8,10-13,19,22-25,33H,1-2,9,14-18H2,3-6H3/t22-,23-,24+,25?,29-,30?/m0/s1. The molecule has 1 N–H and O–H groups in total. The number of hydrogen-bond acceptors (Lipinski definition) is 7. The van der Waals surface area contributed by atoms with Crippen LogP contribution in [-0.2, 0) is 23.9 Å². The SMILES string of the molecule is C=CCCOC(=O)[C@H]1[C@H]2C(=O)N([C@@H](CO)C(C)C)C(C(=O)N(CC=C)c3ccc(OC)cc3)C23CC[C@]1(C)O3. The molecule has 4 rings (SSSR count). The van der Waals surface area contributed by atoms with Gasteiger partial charge in [0.25, 0.3) is 5.91 Å². The van der Waals surface area contributed by atoms with Gasteiger partial charge in [-0.3, -0.25) is 14.4 Å². The van der Waals surface area contributed by atoms with Gasteiger partial charge < -0.3 is 29.1 Å². The lowest BCUT2D eigenvalue weighted by atomic mass is 9.66. The maximum Gasteiger partial charge on any atom is 0.312 e. The Balaban J connectivity index is 1.81. The lowest BCUT2D eigenvalue weighted by Gasteiger charge is -2.40. The summed E-state index contributed by atoms with van der Waals surface area (Å²) in [6.45, 7) is 13.1. The Morgan fingerprint density at radius 2 is 1.92 bits per heavy atom. The maximum absolute atomic E-state index is 14.6. The van der Waals surface area contributed by atoms with Gasteiger partial charge in [0.05, 0.1) is 37.9 Å². The summed E-state index contributed by atoms with van der Waals surface area (Å²) in [5, 5.41) is 10.4. The minimum absolute atomic E-state index is 0.149. The molecule has 2 unspecified atom stereocenters. The summed E-state index contributed by atoms with van der Waals surface area (Å²) in [6, 6.07) is 5.39. The Labute approximate surface area is 230 Å². The third kappa shape index (κ3) is 4.65. The molecule has 3 saturated heterocycles. The van der Waals surface area contributed by atoms with Gasteiger partial charge in [-0.2, -0.15) is 0 Å². The average Bonchev–Trinajstić information content (AvgIpc) is 3.48. The van der Waals surface area contributed by atoms with Gasteiger partial charge in [0.1, 0.15) is 23.3 Å². The fourth-order valence-corrected chi connectivity index (χ4v) is 6.67. The highest BCUT2D eigenvalue weighted by atomic mass is 16.6. The Morgan fingerprint density at radius 1 is 1.23 bits per heavy atom. The highest BCUT2D eigenvalue weighted by molar-refractivity contribution is 6.05. The normalized spacial score (nSPS) is 29.7. The van der Waals surface area contributed by atoms with Crippen molar-refractivity contribution in [1.82, 2.24) is 4.90 Å². The molecule has 2 amide bonds. The zero-order valence-corrected chi connectivity index (χ0v) is 23.3. The summed E-state index contributed by atoms with van der Waals surface area (Å²) in [7, 11) is 1.57. The molecule has 1 spiro atoms. The van der Waals surface area contributed by atoms with Crippen molar-refractivity contribution >= 4 is 23.5 Å². The van der Waals surface area contributed by atoms with Crippen molar-refractivity contribution in [2.75, 3.05) is 31.8 Å². The Hall–Kier alpha value is -3.17. The van der Waals surface area contributed by atoms with E-state index in [1.54, 1.807) is 48.4 Å². The van der Waals surface area contributed by atoms with E-state index in [1.807, 2.05) is 20.8 Å². The molecule has 0 radical (unpaired) electrons. The van der Waals surface area contributed by atoms with Crippen molar-refractivity contribution < 1.29 is 33.7 Å². The van der Waals surface area contributed by atoms with Gasteiger partial charge in [-0.15, -0.1) is 13.2 Å². The lowest BCUT2D eigenvalue weighted by molar-refractivity contribution is -0.160. The molecule has 2 bridgehead atoms. The van der Waals surface area contributed by atoms with E-state index in [9.17, 15) is 19.5 Å². The number of ether oxygens (including phenoxy) is 3. The molecule has 1 aromatic rings. The highest BCUT2D eigenvalue weighted by Gasteiger charge is 2.79. The van der Waals surface area contributed by atoms with Crippen LogP contribution in [0.15, 0.2) is 49.6 Å². The predicted octanol–water partition coefficient (Wildman–Crippen LogP) is 3.12. The first-order valence-corrected chi connectivity index (χ1v) is 13.6. The average molecular weight is 541 g/mol. The predicted molar refractivity (Wildman–Crippen MR) is 146 cm³/mol. The minimum Gasteiger partial charge on any atom is -0.497 e. The van der Waals surface area contributed by atoms with E-state index < -0.39 is 41.1 Å². The van der Waals surface area contributed by atoms with Crippen molar-refractivity contribution in [3.63, 3.8) is 0 Å². The lowest BCUT2D eigenvalue weighted by Crippen LogP contribution is -2.60. The van der Waals surface area contributed by atoms with E-state index in [2.05, 4.69) is 13.2 Å². The molecular formula is C30H40N2O7. The first kappa shape index (κ1) is 28.8. The van der Waals surface area contributed by atoms with Crippen LogP contribution < -0.4 is 9.64 Å². The van der Waals surface area contributed by atoms with Crippen LogP contribution in [0.3, 0.4) is 0 Å². The van der Waals surface area contributed by atoms with Crippen LogP contribution in [0.4, 0.5) is 5.69 Å². The molecule has 0 aliphatic carbocycles. The zero-order valence-electron chi connectivity index (χ0n) is 23.3. The summed E-state index contributed by atoms with van der Waals surface area (Å²) in [4.78, 5) is 45.3. The maximum atomic E-state index is 14.6. The number of carbonyl (C=O) groups excluding carboxylic acids is 3. The summed E-state index contributed by atoms with van der Waals surface area (Å²) in [6.07, 6.45) is 4.71. The van der Waals surface area contributed by atoms with Gasteiger partial charge in [0, 0.05) is 12.2 Å². The third-order valence-corrected chi connectivity index (χ3v) is 8.54. The number of likely N-dealkylation sites (tertiary alicyclic amines) is 1. The van der Waals surface area contributed by atoms with Crippen molar-refractivity contribution in [3.05, 3.63) is 49.6 Å². The zero-order chi connectivity index (χ0) is 28.5. The molecule has 39 heavy (non-hydrogen) atoms. The Morgan fingerprint density at radius 3 is 2.49 bits per heavy atom. The number of methoxy groups -OCH3 is 1. The number of fused-ring (bicyclic) bond motifs is 1. The van der Waals surface area contributed by atoms with E-state index in [4.69, 9.17) is 14.2 Å². The van der Waals surface area contributed by atoms with Gasteiger partial charge in [0.2, 0.25) is 5.91 Å². The van der Waals surface area contributed by atoms with Crippen LogP contribution in [0, 0.1) is 17.8 Å². The Bertz CT molecular complexity index is 1120. The van der Waals surface area contributed by atoms with Gasteiger partial charge >= 0.3 is 5.97 Å².